The molecule has 1 aromatic rings. The molecule has 5 heteroatoms. The van der Waals surface area contributed by atoms with E-state index in [9.17, 15) is 4.79 Å². The first kappa shape index (κ1) is 10.7. The van der Waals surface area contributed by atoms with Crippen LogP contribution < -0.4 is 5.32 Å². The summed E-state index contributed by atoms with van der Waals surface area (Å²) in [6.07, 6.45) is 0.368. The number of hydrogen-bond donors (Lipinski definition) is 1. The minimum atomic E-state index is -0.214. The summed E-state index contributed by atoms with van der Waals surface area (Å²) < 4.78 is 9.38. The average molecular weight is 198 g/mol. The van der Waals surface area contributed by atoms with Crippen LogP contribution >= 0.6 is 0 Å². The zero-order valence-corrected chi connectivity index (χ0v) is 8.37. The number of aromatic nitrogens is 1. The standard InChI is InChI=1S/C9H14N2O3/c1-7-5-8(11-14-7)6-10-4-3-9(12)13-2/h5,10H,3-4,6H2,1-2H3. The summed E-state index contributed by atoms with van der Waals surface area (Å²) >= 11 is 0. The van der Waals surface area contributed by atoms with Gasteiger partial charge < -0.3 is 14.6 Å². The van der Waals surface area contributed by atoms with Gasteiger partial charge in [-0.25, -0.2) is 0 Å². The first-order valence-corrected chi connectivity index (χ1v) is 4.42. The van der Waals surface area contributed by atoms with E-state index in [1.54, 1.807) is 0 Å². The molecule has 0 saturated carbocycles. The Kier molecular flexibility index (Phi) is 4.12. The summed E-state index contributed by atoms with van der Waals surface area (Å²) in [7, 11) is 1.38. The Hall–Kier alpha value is -1.36. The molecule has 0 aromatic carbocycles. The van der Waals surface area contributed by atoms with Crippen LogP contribution in [0.2, 0.25) is 0 Å². The zero-order valence-electron chi connectivity index (χ0n) is 8.37. The highest BCUT2D eigenvalue weighted by molar-refractivity contribution is 5.69. The molecule has 0 aliphatic heterocycles. The molecule has 0 saturated heterocycles. The van der Waals surface area contributed by atoms with E-state index in [2.05, 4.69) is 15.2 Å². The van der Waals surface area contributed by atoms with Crippen LogP contribution in [0.15, 0.2) is 10.6 Å². The fourth-order valence-electron chi connectivity index (χ4n) is 1.01. The Morgan fingerprint density at radius 2 is 2.50 bits per heavy atom. The molecule has 1 rings (SSSR count). The molecular weight excluding hydrogens is 184 g/mol. The fourth-order valence-corrected chi connectivity index (χ4v) is 1.01. The molecule has 0 unspecified atom stereocenters. The molecule has 0 bridgehead atoms. The van der Waals surface area contributed by atoms with Crippen molar-refractivity contribution < 1.29 is 14.1 Å². The van der Waals surface area contributed by atoms with Gasteiger partial charge in [-0.15, -0.1) is 0 Å². The summed E-state index contributed by atoms with van der Waals surface area (Å²) in [4.78, 5) is 10.7. The molecular formula is C9H14N2O3. The van der Waals surface area contributed by atoms with E-state index in [1.165, 1.54) is 7.11 Å². The number of ether oxygens (including phenoxy) is 1. The van der Waals surface area contributed by atoms with Gasteiger partial charge in [0, 0.05) is 19.2 Å². The Bertz CT molecular complexity index is 296. The number of carbonyl (C=O) groups is 1. The quantitative estimate of drug-likeness (QED) is 0.555. The van der Waals surface area contributed by atoms with Crippen LogP contribution in [0, 0.1) is 6.92 Å². The first-order chi connectivity index (χ1) is 6.72. The Labute approximate surface area is 82.4 Å². The van der Waals surface area contributed by atoms with Crippen molar-refractivity contribution >= 4 is 5.97 Å². The van der Waals surface area contributed by atoms with Crippen molar-refractivity contribution in [3.63, 3.8) is 0 Å². The number of esters is 1. The van der Waals surface area contributed by atoms with Crippen molar-refractivity contribution in [2.45, 2.75) is 19.9 Å². The van der Waals surface area contributed by atoms with Crippen LogP contribution in [0.1, 0.15) is 17.9 Å². The van der Waals surface area contributed by atoms with Crippen molar-refractivity contribution in [1.29, 1.82) is 0 Å². The van der Waals surface area contributed by atoms with Gasteiger partial charge >= 0.3 is 5.97 Å². The van der Waals surface area contributed by atoms with Crippen LogP contribution in [-0.2, 0) is 16.1 Å². The van der Waals surface area contributed by atoms with Gasteiger partial charge in [0.1, 0.15) is 5.76 Å². The molecule has 0 radical (unpaired) electrons. The van der Waals surface area contributed by atoms with Crippen LogP contribution in [0.4, 0.5) is 0 Å². The molecule has 1 N–H and O–H groups in total. The van der Waals surface area contributed by atoms with E-state index in [-0.39, 0.29) is 5.97 Å². The van der Waals surface area contributed by atoms with Gasteiger partial charge in [0.15, 0.2) is 0 Å². The lowest BCUT2D eigenvalue weighted by Crippen LogP contribution is -2.18. The van der Waals surface area contributed by atoms with E-state index in [0.717, 1.165) is 11.5 Å². The van der Waals surface area contributed by atoms with Gasteiger partial charge in [-0.1, -0.05) is 5.16 Å². The molecule has 0 spiro atoms. The topological polar surface area (TPSA) is 64.4 Å². The molecule has 0 amide bonds. The summed E-state index contributed by atoms with van der Waals surface area (Å²) in [5.74, 6) is 0.573. The van der Waals surface area contributed by atoms with E-state index >= 15 is 0 Å². The van der Waals surface area contributed by atoms with Gasteiger partial charge in [0.2, 0.25) is 0 Å². The first-order valence-electron chi connectivity index (χ1n) is 4.42. The lowest BCUT2D eigenvalue weighted by atomic mass is 10.3. The van der Waals surface area contributed by atoms with Crippen molar-refractivity contribution in [1.82, 2.24) is 10.5 Å². The van der Waals surface area contributed by atoms with Gasteiger partial charge in [0.25, 0.3) is 0 Å². The molecule has 0 aliphatic carbocycles. The third-order valence-electron chi connectivity index (χ3n) is 1.72. The van der Waals surface area contributed by atoms with Crippen LogP contribution in [0.3, 0.4) is 0 Å². The molecule has 0 fully saturated rings. The minimum Gasteiger partial charge on any atom is -0.469 e. The highest BCUT2D eigenvalue weighted by Crippen LogP contribution is 2.00. The SMILES string of the molecule is COC(=O)CCNCc1cc(C)on1. The van der Waals surface area contributed by atoms with E-state index < -0.39 is 0 Å². The number of nitrogens with one attached hydrogen (secondary N) is 1. The number of aryl methyl sites for hydroxylation is 1. The van der Waals surface area contributed by atoms with E-state index in [4.69, 9.17) is 4.52 Å². The summed E-state index contributed by atoms with van der Waals surface area (Å²) in [6, 6.07) is 1.85. The maximum atomic E-state index is 10.7. The van der Waals surface area contributed by atoms with Crippen molar-refractivity contribution in [2.75, 3.05) is 13.7 Å². The number of nitrogens with zero attached hydrogens (tertiary/aromatic N) is 1. The monoisotopic (exact) mass is 198 g/mol. The second-order valence-corrected chi connectivity index (χ2v) is 2.93. The van der Waals surface area contributed by atoms with Crippen molar-refractivity contribution in [2.24, 2.45) is 0 Å². The molecule has 5 nitrogen and oxygen atoms in total. The highest BCUT2D eigenvalue weighted by atomic mass is 16.5. The van der Waals surface area contributed by atoms with Crippen LogP contribution in [0.5, 0.6) is 0 Å². The van der Waals surface area contributed by atoms with Crippen LogP contribution in [-0.4, -0.2) is 24.8 Å². The normalized spacial score (nSPS) is 10.1. The smallest absolute Gasteiger partial charge is 0.306 e. The van der Waals surface area contributed by atoms with Crippen molar-refractivity contribution in [3.8, 4) is 0 Å². The number of hydrogen-bond acceptors (Lipinski definition) is 5. The lowest BCUT2D eigenvalue weighted by Gasteiger charge is -2.00. The van der Waals surface area contributed by atoms with Crippen LogP contribution in [0.25, 0.3) is 0 Å². The Morgan fingerprint density at radius 1 is 1.71 bits per heavy atom. The summed E-state index contributed by atoms with van der Waals surface area (Å²) in [5, 5.41) is 6.86. The predicted molar refractivity (Wildman–Crippen MR) is 49.6 cm³/mol. The average Bonchev–Trinajstić information content (AvgIpc) is 2.58. The molecule has 1 aromatic heterocycles. The number of rotatable bonds is 5. The lowest BCUT2D eigenvalue weighted by molar-refractivity contribution is -0.140. The maximum Gasteiger partial charge on any atom is 0.306 e. The Balaban J connectivity index is 2.13. The number of methoxy groups -OCH3 is 1. The molecule has 1 heterocycles. The van der Waals surface area contributed by atoms with Gasteiger partial charge in [-0.05, 0) is 6.92 Å². The summed E-state index contributed by atoms with van der Waals surface area (Å²) in [6.45, 7) is 3.03. The maximum absolute atomic E-state index is 10.7. The second-order valence-electron chi connectivity index (χ2n) is 2.93. The highest BCUT2D eigenvalue weighted by Gasteiger charge is 2.01. The zero-order chi connectivity index (χ0) is 10.4. The third kappa shape index (κ3) is 3.57. The Morgan fingerprint density at radius 3 is 3.07 bits per heavy atom. The van der Waals surface area contributed by atoms with Gasteiger partial charge in [-0.3, -0.25) is 4.79 Å². The van der Waals surface area contributed by atoms with E-state index in [0.29, 0.717) is 19.5 Å². The molecule has 0 aliphatic rings. The van der Waals surface area contributed by atoms with Gasteiger partial charge in [-0.2, -0.15) is 0 Å². The predicted octanol–water partition coefficient (Wildman–Crippen LogP) is 0.636. The minimum absolute atomic E-state index is 0.214. The van der Waals surface area contributed by atoms with Gasteiger partial charge in [0.05, 0.1) is 19.2 Å². The van der Waals surface area contributed by atoms with E-state index in [1.807, 2.05) is 13.0 Å². The molecule has 0 atom stereocenters. The molecule has 14 heavy (non-hydrogen) atoms. The largest absolute Gasteiger partial charge is 0.469 e. The van der Waals surface area contributed by atoms with Crippen molar-refractivity contribution in [3.05, 3.63) is 17.5 Å². The fraction of sp³-hybridized carbons (Fsp3) is 0.556. The number of carbonyl (C=O) groups excluding carboxylic acids is 1. The third-order valence-corrected chi connectivity index (χ3v) is 1.72. The summed E-state index contributed by atoms with van der Waals surface area (Å²) in [5.41, 5.74) is 0.840. The molecule has 78 valence electrons. The second kappa shape index (κ2) is 5.39.